The van der Waals surface area contributed by atoms with Gasteiger partial charge in [0.1, 0.15) is 0 Å². The SMILES string of the molecule is Cc1ccc(S(=O)(=O)N2C[C@@]3(CCCN(CC(=O)Nc4ccc(S(=O)(=O)N5CCCCC5)cc4)C3)OC[C@@H]2CC(C)C)cc1. The first-order valence-corrected chi connectivity index (χ1v) is 18.6. The van der Waals surface area contributed by atoms with E-state index >= 15 is 0 Å². The van der Waals surface area contributed by atoms with Crippen molar-refractivity contribution in [2.45, 2.75) is 80.7 Å². The zero-order valence-corrected chi connectivity index (χ0v) is 27.7. The van der Waals surface area contributed by atoms with E-state index in [9.17, 15) is 21.6 Å². The van der Waals surface area contributed by atoms with Gasteiger partial charge in [0, 0.05) is 37.9 Å². The number of nitrogens with one attached hydrogen (secondary N) is 1. The normalized spacial score (nSPS) is 24.5. The Morgan fingerprint density at radius 3 is 2.18 bits per heavy atom. The highest BCUT2D eigenvalue weighted by Crippen LogP contribution is 2.35. The molecule has 1 amide bonds. The molecule has 10 nitrogen and oxygen atoms in total. The average molecular weight is 647 g/mol. The minimum Gasteiger partial charge on any atom is -0.371 e. The van der Waals surface area contributed by atoms with E-state index in [2.05, 4.69) is 19.2 Å². The molecular formula is C32H46N4O6S2. The molecule has 2 aromatic carbocycles. The fourth-order valence-corrected chi connectivity index (χ4v) is 9.82. The first kappa shape index (κ1) is 33.0. The van der Waals surface area contributed by atoms with Gasteiger partial charge >= 0.3 is 0 Å². The van der Waals surface area contributed by atoms with Crippen LogP contribution in [0.5, 0.6) is 0 Å². The van der Waals surface area contributed by atoms with Crippen LogP contribution in [0.15, 0.2) is 58.3 Å². The number of carbonyl (C=O) groups excluding carboxylic acids is 1. The number of likely N-dealkylation sites (tertiary alicyclic amines) is 1. The first-order chi connectivity index (χ1) is 20.9. The van der Waals surface area contributed by atoms with Crippen LogP contribution in [0.25, 0.3) is 0 Å². The molecule has 242 valence electrons. The number of hydrogen-bond donors (Lipinski definition) is 1. The summed E-state index contributed by atoms with van der Waals surface area (Å²) in [5.41, 5.74) is 0.828. The number of anilines is 1. The standard InChI is InChI=1S/C32H46N4O6S2/c1-25(2)20-28-22-42-32(24-36(28)44(40,41)30-12-8-26(3)9-13-30)16-7-17-34(23-32)21-31(37)33-27-10-14-29(15-11-27)43(38,39)35-18-5-4-6-19-35/h8-15,25,28H,4-7,16-24H2,1-3H3,(H,33,37)/t28-,32-/m0/s1. The fraction of sp³-hybridized carbons (Fsp3) is 0.594. The highest BCUT2D eigenvalue weighted by atomic mass is 32.2. The third kappa shape index (κ3) is 7.54. The Kier molecular flexibility index (Phi) is 10.2. The molecule has 2 atom stereocenters. The molecule has 0 saturated carbocycles. The van der Waals surface area contributed by atoms with E-state index in [-0.39, 0.29) is 34.8 Å². The minimum atomic E-state index is -3.74. The lowest BCUT2D eigenvalue weighted by atomic mass is 9.89. The number of morpholine rings is 1. The second-order valence-corrected chi connectivity index (χ2v) is 16.8. The zero-order chi connectivity index (χ0) is 31.5. The molecule has 1 N–H and O–H groups in total. The van der Waals surface area contributed by atoms with Gasteiger partial charge in [-0.05, 0) is 87.9 Å². The summed E-state index contributed by atoms with van der Waals surface area (Å²) < 4.78 is 63.4. The van der Waals surface area contributed by atoms with Crippen molar-refractivity contribution in [3.8, 4) is 0 Å². The maximum Gasteiger partial charge on any atom is 0.243 e. The summed E-state index contributed by atoms with van der Waals surface area (Å²) in [4.78, 5) is 15.6. The molecule has 3 fully saturated rings. The number of piperidine rings is 2. The predicted molar refractivity (Wildman–Crippen MR) is 170 cm³/mol. The topological polar surface area (TPSA) is 116 Å². The van der Waals surface area contributed by atoms with Crippen molar-refractivity contribution >= 4 is 31.6 Å². The van der Waals surface area contributed by atoms with E-state index < -0.39 is 25.6 Å². The summed E-state index contributed by atoms with van der Waals surface area (Å²) in [5.74, 6) is 0.0881. The molecule has 3 saturated heterocycles. The molecular weight excluding hydrogens is 601 g/mol. The third-order valence-electron chi connectivity index (χ3n) is 8.88. The lowest BCUT2D eigenvalue weighted by Crippen LogP contribution is -2.64. The van der Waals surface area contributed by atoms with Crippen molar-refractivity contribution < 1.29 is 26.4 Å². The number of carbonyl (C=O) groups is 1. The Morgan fingerprint density at radius 1 is 0.886 bits per heavy atom. The fourth-order valence-electron chi connectivity index (χ4n) is 6.61. The Bertz CT molecular complexity index is 1510. The zero-order valence-electron chi connectivity index (χ0n) is 26.1. The van der Waals surface area contributed by atoms with Gasteiger partial charge in [-0.1, -0.05) is 38.0 Å². The molecule has 3 heterocycles. The molecule has 12 heteroatoms. The molecule has 1 spiro atoms. The Hall–Kier alpha value is -2.35. The van der Waals surface area contributed by atoms with Gasteiger partial charge in [-0.15, -0.1) is 0 Å². The van der Waals surface area contributed by atoms with Gasteiger partial charge in [0.05, 0.1) is 28.5 Å². The van der Waals surface area contributed by atoms with E-state index in [1.807, 2.05) is 24.0 Å². The number of ether oxygens (including phenoxy) is 1. The molecule has 5 rings (SSSR count). The van der Waals surface area contributed by atoms with Gasteiger partial charge in [-0.2, -0.15) is 8.61 Å². The number of aryl methyl sites for hydroxylation is 1. The first-order valence-electron chi connectivity index (χ1n) is 15.7. The predicted octanol–water partition coefficient (Wildman–Crippen LogP) is 4.08. The van der Waals surface area contributed by atoms with Crippen molar-refractivity contribution in [1.29, 1.82) is 0 Å². The van der Waals surface area contributed by atoms with Crippen LogP contribution in [-0.4, -0.2) is 93.8 Å². The highest BCUT2D eigenvalue weighted by molar-refractivity contribution is 7.89. The van der Waals surface area contributed by atoms with Gasteiger partial charge < -0.3 is 10.1 Å². The van der Waals surface area contributed by atoms with Crippen LogP contribution in [0.2, 0.25) is 0 Å². The van der Waals surface area contributed by atoms with Gasteiger partial charge in [0.2, 0.25) is 26.0 Å². The van der Waals surface area contributed by atoms with Crippen LogP contribution in [0.1, 0.15) is 57.9 Å². The Morgan fingerprint density at radius 2 is 1.52 bits per heavy atom. The molecule has 3 aliphatic heterocycles. The van der Waals surface area contributed by atoms with Crippen LogP contribution < -0.4 is 5.32 Å². The van der Waals surface area contributed by atoms with Crippen LogP contribution in [0.3, 0.4) is 0 Å². The third-order valence-corrected chi connectivity index (χ3v) is 12.7. The summed E-state index contributed by atoms with van der Waals surface area (Å²) in [6, 6.07) is 13.1. The minimum absolute atomic E-state index is 0.124. The van der Waals surface area contributed by atoms with Crippen LogP contribution in [0.4, 0.5) is 5.69 Å². The molecule has 0 aliphatic carbocycles. The van der Waals surface area contributed by atoms with Gasteiger partial charge in [0.25, 0.3) is 0 Å². The summed E-state index contributed by atoms with van der Waals surface area (Å²) >= 11 is 0. The highest BCUT2D eigenvalue weighted by Gasteiger charge is 2.47. The quantitative estimate of drug-likeness (QED) is 0.437. The monoisotopic (exact) mass is 646 g/mol. The largest absolute Gasteiger partial charge is 0.371 e. The van der Waals surface area contributed by atoms with Gasteiger partial charge in [0.15, 0.2) is 0 Å². The van der Waals surface area contributed by atoms with Crippen LogP contribution in [-0.2, 0) is 29.6 Å². The Balaban J connectivity index is 1.24. The van der Waals surface area contributed by atoms with Crippen LogP contribution in [0, 0.1) is 12.8 Å². The van der Waals surface area contributed by atoms with E-state index in [1.165, 1.54) is 4.31 Å². The van der Waals surface area contributed by atoms with E-state index in [4.69, 9.17) is 4.74 Å². The molecule has 2 aromatic rings. The van der Waals surface area contributed by atoms with Crippen molar-refractivity contribution in [3.05, 3.63) is 54.1 Å². The maximum atomic E-state index is 13.9. The Labute approximate surface area is 262 Å². The van der Waals surface area contributed by atoms with Crippen molar-refractivity contribution in [1.82, 2.24) is 13.5 Å². The number of nitrogens with zero attached hydrogens (tertiary/aromatic N) is 3. The maximum absolute atomic E-state index is 13.9. The van der Waals surface area contributed by atoms with E-state index in [0.717, 1.165) is 31.2 Å². The van der Waals surface area contributed by atoms with Crippen molar-refractivity contribution in [2.24, 2.45) is 5.92 Å². The molecule has 0 aromatic heterocycles. The number of hydrogen-bond acceptors (Lipinski definition) is 7. The smallest absolute Gasteiger partial charge is 0.243 e. The lowest BCUT2D eigenvalue weighted by molar-refractivity contribution is -0.146. The molecule has 0 bridgehead atoms. The van der Waals surface area contributed by atoms with E-state index in [0.29, 0.717) is 57.2 Å². The summed E-state index contributed by atoms with van der Waals surface area (Å²) in [6.07, 6.45) is 4.98. The number of amides is 1. The average Bonchev–Trinajstić information content (AvgIpc) is 2.99. The van der Waals surface area contributed by atoms with Crippen LogP contribution >= 0.6 is 0 Å². The molecule has 44 heavy (non-hydrogen) atoms. The van der Waals surface area contributed by atoms with Crippen molar-refractivity contribution in [3.63, 3.8) is 0 Å². The summed E-state index contributed by atoms with van der Waals surface area (Å²) in [7, 11) is -7.28. The lowest BCUT2D eigenvalue weighted by Gasteiger charge is -2.50. The summed E-state index contributed by atoms with van der Waals surface area (Å²) in [5, 5.41) is 2.89. The van der Waals surface area contributed by atoms with E-state index in [1.54, 1.807) is 40.7 Å². The number of sulfonamides is 2. The van der Waals surface area contributed by atoms with Crippen molar-refractivity contribution in [2.75, 3.05) is 51.2 Å². The number of rotatable bonds is 9. The number of benzene rings is 2. The summed E-state index contributed by atoms with van der Waals surface area (Å²) in [6.45, 7) is 9.01. The van der Waals surface area contributed by atoms with Gasteiger partial charge in [-0.25, -0.2) is 16.8 Å². The second-order valence-electron chi connectivity index (χ2n) is 13.0. The molecule has 0 unspecified atom stereocenters. The van der Waals surface area contributed by atoms with Gasteiger partial charge in [-0.3, -0.25) is 9.69 Å². The molecule has 3 aliphatic rings. The second kappa shape index (κ2) is 13.6. The molecule has 0 radical (unpaired) electrons.